The number of hydrogen-bond acceptors (Lipinski definition) is 10. The number of aromatic hydroxyl groups is 1. The summed E-state index contributed by atoms with van der Waals surface area (Å²) in [7, 11) is -2.92. The van der Waals surface area contributed by atoms with Gasteiger partial charge in [-0.2, -0.15) is 8.42 Å². The number of carbonyl (C=O) groups excluding carboxylic acids is 3. The van der Waals surface area contributed by atoms with Gasteiger partial charge in [-0.05, 0) is 54.3 Å². The zero-order valence-corrected chi connectivity index (χ0v) is 26.4. The molecule has 0 saturated heterocycles. The Kier molecular flexibility index (Phi) is 11.3. The van der Waals surface area contributed by atoms with Crippen molar-refractivity contribution in [2.45, 2.75) is 26.4 Å². The Labute approximate surface area is 271 Å². The standard InChI is InChI=1S/C32H34N4O10S/c1-21(37)34-24(31(40)33-15-6-7-16-45-27-12-8-11-26(38)30(27)32(41)44-2)17-23-13-14-25(36-19-29(39)35-47(36,42)43)28(18-23)46-20-22-9-4-3-5-10-22/h3-5,8-14,17-19,35,38-39H,6-7,15-16,20H2,1-2H3,(H,33,40)(H,34,37). The van der Waals surface area contributed by atoms with E-state index < -0.39 is 33.9 Å². The third kappa shape index (κ3) is 9.17. The van der Waals surface area contributed by atoms with Gasteiger partial charge >= 0.3 is 16.2 Å². The maximum atomic E-state index is 13.1. The van der Waals surface area contributed by atoms with Crippen molar-refractivity contribution < 1.29 is 47.2 Å². The Morgan fingerprint density at radius 1 is 0.957 bits per heavy atom. The van der Waals surface area contributed by atoms with Gasteiger partial charge in [0, 0.05) is 13.5 Å². The summed E-state index contributed by atoms with van der Waals surface area (Å²) < 4.78 is 44.3. The molecule has 0 unspecified atom stereocenters. The van der Waals surface area contributed by atoms with E-state index in [1.54, 1.807) is 0 Å². The number of carbonyl (C=O) groups is 3. The van der Waals surface area contributed by atoms with E-state index in [1.165, 1.54) is 56.5 Å². The molecule has 15 heteroatoms. The monoisotopic (exact) mass is 666 g/mol. The van der Waals surface area contributed by atoms with Gasteiger partial charge < -0.3 is 35.1 Å². The molecule has 3 aromatic rings. The quantitative estimate of drug-likeness (QED) is 0.0969. The number of aliphatic hydroxyl groups is 1. The summed E-state index contributed by atoms with van der Waals surface area (Å²) in [4.78, 5) is 37.0. The van der Waals surface area contributed by atoms with Crippen LogP contribution >= 0.6 is 0 Å². The first-order valence-electron chi connectivity index (χ1n) is 14.3. The van der Waals surface area contributed by atoms with Crippen molar-refractivity contribution >= 4 is 39.8 Å². The minimum absolute atomic E-state index is 0.0639. The topological polar surface area (TPSA) is 193 Å². The lowest BCUT2D eigenvalue weighted by atomic mass is 10.1. The number of amides is 2. The third-order valence-corrected chi connectivity index (χ3v) is 7.85. The first kappa shape index (κ1) is 34.2. The first-order chi connectivity index (χ1) is 22.5. The Morgan fingerprint density at radius 2 is 1.72 bits per heavy atom. The minimum Gasteiger partial charge on any atom is -0.507 e. The Hall–Kier alpha value is -5.70. The largest absolute Gasteiger partial charge is 0.507 e. The number of benzene rings is 3. The third-order valence-electron chi connectivity index (χ3n) is 6.56. The molecule has 1 heterocycles. The molecule has 3 aromatic carbocycles. The number of aliphatic hydroxyl groups excluding tert-OH is 1. The van der Waals surface area contributed by atoms with Crippen LogP contribution in [0.3, 0.4) is 0 Å². The highest BCUT2D eigenvalue weighted by molar-refractivity contribution is 7.91. The second kappa shape index (κ2) is 15.5. The van der Waals surface area contributed by atoms with Crippen molar-refractivity contribution in [1.82, 2.24) is 15.4 Å². The Bertz CT molecular complexity index is 1790. The summed E-state index contributed by atoms with van der Waals surface area (Å²) in [5.74, 6) is -2.33. The van der Waals surface area contributed by atoms with Crippen molar-refractivity contribution in [2.24, 2.45) is 0 Å². The van der Waals surface area contributed by atoms with Crippen molar-refractivity contribution in [3.05, 3.63) is 101 Å². The van der Waals surface area contributed by atoms with E-state index in [0.29, 0.717) is 18.4 Å². The van der Waals surface area contributed by atoms with E-state index in [-0.39, 0.29) is 54.0 Å². The van der Waals surface area contributed by atoms with Crippen LogP contribution in [0, 0.1) is 0 Å². The number of unbranched alkanes of at least 4 members (excludes halogenated alkanes) is 1. The summed E-state index contributed by atoms with van der Waals surface area (Å²) in [6.07, 6.45) is 3.38. The fraction of sp³-hybridized carbons (Fsp3) is 0.219. The van der Waals surface area contributed by atoms with Gasteiger partial charge in [-0.15, -0.1) is 0 Å². The summed E-state index contributed by atoms with van der Waals surface area (Å²) in [5.41, 5.74) is 1.19. The molecule has 5 N–H and O–H groups in total. The molecule has 1 aliphatic rings. The van der Waals surface area contributed by atoms with Gasteiger partial charge in [0.2, 0.25) is 11.8 Å². The Balaban J connectivity index is 1.45. The second-order valence-electron chi connectivity index (χ2n) is 10.1. The van der Waals surface area contributed by atoms with Crippen LogP contribution in [0.1, 0.15) is 41.3 Å². The molecule has 0 bridgehead atoms. The number of phenols is 1. The normalized spacial score (nSPS) is 13.6. The smallest absolute Gasteiger partial charge is 0.345 e. The van der Waals surface area contributed by atoms with Crippen molar-refractivity contribution in [3.8, 4) is 17.2 Å². The van der Waals surface area contributed by atoms with Crippen LogP contribution in [0.25, 0.3) is 6.08 Å². The number of nitrogens with one attached hydrogen (secondary N) is 3. The maximum Gasteiger partial charge on any atom is 0.345 e. The molecule has 0 atom stereocenters. The second-order valence-corrected chi connectivity index (χ2v) is 11.7. The van der Waals surface area contributed by atoms with Crippen molar-refractivity contribution in [3.63, 3.8) is 0 Å². The summed E-state index contributed by atoms with van der Waals surface area (Å²) in [6, 6.07) is 18.1. The Morgan fingerprint density at radius 3 is 2.40 bits per heavy atom. The lowest BCUT2D eigenvalue weighted by Crippen LogP contribution is -2.34. The fourth-order valence-corrected chi connectivity index (χ4v) is 5.47. The minimum atomic E-state index is -4.12. The number of phenolic OH excluding ortho intramolecular Hbond substituents is 1. The molecule has 0 spiro atoms. The van der Waals surface area contributed by atoms with E-state index >= 15 is 0 Å². The number of rotatable bonds is 14. The van der Waals surface area contributed by atoms with E-state index in [0.717, 1.165) is 16.1 Å². The molecule has 4 rings (SSSR count). The number of anilines is 1. The summed E-state index contributed by atoms with van der Waals surface area (Å²) in [6.45, 7) is 1.76. The van der Waals surface area contributed by atoms with E-state index in [4.69, 9.17) is 14.2 Å². The molecule has 248 valence electrons. The predicted octanol–water partition coefficient (Wildman–Crippen LogP) is 3.22. The van der Waals surface area contributed by atoms with Crippen molar-refractivity contribution in [1.29, 1.82) is 0 Å². The van der Waals surface area contributed by atoms with E-state index in [1.807, 2.05) is 35.1 Å². The number of ether oxygens (including phenoxy) is 3. The van der Waals surface area contributed by atoms with Gasteiger partial charge in [0.1, 0.15) is 40.8 Å². The molecule has 2 amide bonds. The summed E-state index contributed by atoms with van der Waals surface area (Å²) in [5, 5.41) is 25.0. The number of methoxy groups -OCH3 is 1. The maximum absolute atomic E-state index is 13.1. The van der Waals surface area contributed by atoms with Crippen molar-refractivity contribution in [2.75, 3.05) is 24.6 Å². The zero-order valence-electron chi connectivity index (χ0n) is 25.6. The van der Waals surface area contributed by atoms with Crippen LogP contribution in [0.2, 0.25) is 0 Å². The van der Waals surface area contributed by atoms with Crippen LogP contribution < -0.4 is 29.1 Å². The van der Waals surface area contributed by atoms with Crippen LogP contribution in [0.4, 0.5) is 5.69 Å². The first-order valence-corrected chi connectivity index (χ1v) is 15.8. The average molecular weight is 667 g/mol. The van der Waals surface area contributed by atoms with Crippen LogP contribution in [0.15, 0.2) is 84.5 Å². The van der Waals surface area contributed by atoms with Gasteiger partial charge in [-0.25, -0.2) is 13.8 Å². The molecule has 0 fully saturated rings. The van der Waals surface area contributed by atoms with Crippen LogP contribution in [-0.4, -0.2) is 56.7 Å². The van der Waals surface area contributed by atoms with Crippen LogP contribution in [0.5, 0.6) is 17.2 Å². The summed E-state index contributed by atoms with van der Waals surface area (Å²) >= 11 is 0. The molecule has 14 nitrogen and oxygen atoms in total. The zero-order chi connectivity index (χ0) is 34.0. The lowest BCUT2D eigenvalue weighted by Gasteiger charge is -2.19. The molecular formula is C32H34N4O10S. The number of esters is 1. The molecule has 0 saturated carbocycles. The highest BCUT2D eigenvalue weighted by atomic mass is 32.2. The van der Waals surface area contributed by atoms with Gasteiger partial charge in [-0.1, -0.05) is 42.5 Å². The predicted molar refractivity (Wildman–Crippen MR) is 171 cm³/mol. The molecule has 47 heavy (non-hydrogen) atoms. The van der Waals surface area contributed by atoms with E-state index in [2.05, 4.69) is 10.6 Å². The lowest BCUT2D eigenvalue weighted by molar-refractivity contribution is -0.122. The van der Waals surface area contributed by atoms with E-state index in [9.17, 15) is 33.0 Å². The molecule has 0 aromatic heterocycles. The SMILES string of the molecule is COC(=O)c1c(O)cccc1OCCCCNC(=O)C(=Cc1ccc(N2C=C(O)NS2(=O)=O)c(OCc2ccccc2)c1)NC(C)=O. The number of hydrogen-bond donors (Lipinski definition) is 5. The molecule has 1 aliphatic heterocycles. The molecule has 0 radical (unpaired) electrons. The molecule has 0 aliphatic carbocycles. The van der Waals surface area contributed by atoms with Gasteiger partial charge in [-0.3, -0.25) is 9.59 Å². The van der Waals surface area contributed by atoms with Gasteiger partial charge in [0.05, 0.1) is 19.9 Å². The highest BCUT2D eigenvalue weighted by Gasteiger charge is 2.31. The number of nitrogens with zero attached hydrogens (tertiary/aromatic N) is 1. The van der Waals surface area contributed by atoms with Gasteiger partial charge in [0.25, 0.3) is 5.91 Å². The fourth-order valence-electron chi connectivity index (χ4n) is 4.41. The van der Waals surface area contributed by atoms with Crippen LogP contribution in [-0.2, 0) is 31.1 Å². The highest BCUT2D eigenvalue weighted by Crippen LogP contribution is 2.35. The average Bonchev–Trinajstić information content (AvgIpc) is 3.32. The van der Waals surface area contributed by atoms with Gasteiger partial charge in [0.15, 0.2) is 0 Å². The molecular weight excluding hydrogens is 632 g/mol.